The Kier molecular flexibility index (Phi) is 6.33. The highest BCUT2D eigenvalue weighted by Crippen LogP contribution is 2.39. The number of aliphatic hydroxyl groups excluding tert-OH is 2. The number of phenols is 1. The van der Waals surface area contributed by atoms with E-state index in [1.807, 2.05) is 6.92 Å². The van der Waals surface area contributed by atoms with E-state index in [1.165, 1.54) is 11.0 Å². The highest BCUT2D eigenvalue weighted by atomic mass is 35.5. The van der Waals surface area contributed by atoms with Crippen LogP contribution in [0, 0.1) is 11.8 Å². The van der Waals surface area contributed by atoms with E-state index in [1.54, 1.807) is 6.07 Å². The summed E-state index contributed by atoms with van der Waals surface area (Å²) < 4.78 is 0. The number of benzene rings is 1. The van der Waals surface area contributed by atoms with Gasteiger partial charge in [0, 0.05) is 30.8 Å². The van der Waals surface area contributed by atoms with Crippen LogP contribution in [0.1, 0.15) is 24.9 Å². The minimum atomic E-state index is -1.39. The lowest BCUT2D eigenvalue weighted by Crippen LogP contribution is -2.49. The first-order valence-electron chi connectivity index (χ1n) is 7.77. The second kappa shape index (κ2) is 7.89. The third kappa shape index (κ3) is 3.95. The number of nitrogens with two attached hydrogens (primary N) is 1. The molecule has 134 valence electrons. The van der Waals surface area contributed by atoms with Crippen molar-refractivity contribution in [2.24, 2.45) is 17.6 Å². The lowest BCUT2D eigenvalue weighted by Gasteiger charge is -2.40. The number of carbonyl (C=O) groups is 1. The molecular weight excluding hydrogens is 355 g/mol. The summed E-state index contributed by atoms with van der Waals surface area (Å²) in [4.78, 5) is 13.5. The molecule has 0 aliphatic carbocycles. The van der Waals surface area contributed by atoms with Gasteiger partial charge < -0.3 is 26.0 Å². The fourth-order valence-electron chi connectivity index (χ4n) is 3.24. The first-order chi connectivity index (χ1) is 11.3. The fourth-order valence-corrected chi connectivity index (χ4v) is 3.57. The van der Waals surface area contributed by atoms with Crippen LogP contribution in [0.2, 0.25) is 10.0 Å². The van der Waals surface area contributed by atoms with E-state index in [0.717, 1.165) is 0 Å². The number of carbonyl (C=O) groups excluding carboxylic acids is 1. The smallest absolute Gasteiger partial charge is 0.253 e. The van der Waals surface area contributed by atoms with Crippen molar-refractivity contribution in [3.8, 4) is 5.75 Å². The van der Waals surface area contributed by atoms with Gasteiger partial charge in [0.15, 0.2) is 6.10 Å². The van der Waals surface area contributed by atoms with Gasteiger partial charge in [-0.1, -0.05) is 30.1 Å². The van der Waals surface area contributed by atoms with Crippen molar-refractivity contribution in [3.05, 3.63) is 27.7 Å². The molecule has 24 heavy (non-hydrogen) atoms. The number of aromatic hydroxyl groups is 1. The number of phenolic OH excluding ortho intramolecular Hbond substituents is 1. The largest absolute Gasteiger partial charge is 0.508 e. The third-order valence-electron chi connectivity index (χ3n) is 4.63. The van der Waals surface area contributed by atoms with Crippen LogP contribution in [0.5, 0.6) is 5.75 Å². The van der Waals surface area contributed by atoms with E-state index in [0.29, 0.717) is 30.1 Å². The predicted octanol–water partition coefficient (Wildman–Crippen LogP) is 1.54. The molecule has 0 aromatic heterocycles. The van der Waals surface area contributed by atoms with Crippen LogP contribution in [-0.4, -0.2) is 51.9 Å². The second-order valence-electron chi connectivity index (χ2n) is 6.26. The molecule has 0 radical (unpaired) electrons. The molecule has 1 heterocycles. The molecule has 0 saturated carbocycles. The maximum atomic E-state index is 12.0. The van der Waals surface area contributed by atoms with Crippen molar-refractivity contribution >= 4 is 29.1 Å². The lowest BCUT2D eigenvalue weighted by atomic mass is 9.79. The van der Waals surface area contributed by atoms with Crippen LogP contribution in [0.3, 0.4) is 0 Å². The molecule has 1 aromatic rings. The highest BCUT2D eigenvalue weighted by molar-refractivity contribution is 6.42. The Bertz CT molecular complexity index is 614. The molecule has 1 aromatic carbocycles. The van der Waals surface area contributed by atoms with Gasteiger partial charge in [-0.15, -0.1) is 0 Å². The molecule has 1 saturated heterocycles. The molecule has 8 heteroatoms. The van der Waals surface area contributed by atoms with Gasteiger partial charge in [0.2, 0.25) is 0 Å². The van der Waals surface area contributed by atoms with E-state index in [2.05, 4.69) is 0 Å². The zero-order chi connectivity index (χ0) is 18.0. The Morgan fingerprint density at radius 2 is 2.04 bits per heavy atom. The predicted molar refractivity (Wildman–Crippen MR) is 92.0 cm³/mol. The van der Waals surface area contributed by atoms with Crippen molar-refractivity contribution in [1.29, 1.82) is 0 Å². The molecule has 1 aliphatic heterocycles. The summed E-state index contributed by atoms with van der Waals surface area (Å²) in [6.07, 6.45) is -0.770. The molecule has 0 bridgehead atoms. The Labute approximate surface area is 150 Å². The number of hydrogen-bond acceptors (Lipinski definition) is 5. The molecule has 0 spiro atoms. The number of nitrogens with zero attached hydrogens (tertiary/aromatic N) is 1. The van der Waals surface area contributed by atoms with Gasteiger partial charge in [-0.2, -0.15) is 0 Å². The van der Waals surface area contributed by atoms with E-state index in [-0.39, 0.29) is 22.6 Å². The molecule has 2 rings (SSSR count). The van der Waals surface area contributed by atoms with Crippen LogP contribution in [0.4, 0.5) is 0 Å². The van der Waals surface area contributed by atoms with Crippen LogP contribution in [0.25, 0.3) is 0 Å². The molecule has 1 amide bonds. The Balaban J connectivity index is 2.12. The highest BCUT2D eigenvalue weighted by Gasteiger charge is 2.35. The van der Waals surface area contributed by atoms with Gasteiger partial charge in [-0.05, 0) is 24.3 Å². The minimum Gasteiger partial charge on any atom is -0.508 e. The number of hydrogen-bond donors (Lipinski definition) is 4. The summed E-state index contributed by atoms with van der Waals surface area (Å²) in [6.45, 7) is 2.23. The topological polar surface area (TPSA) is 107 Å². The van der Waals surface area contributed by atoms with Crippen LogP contribution < -0.4 is 5.73 Å². The normalized spacial score (nSPS) is 23.8. The number of halogens is 2. The van der Waals surface area contributed by atoms with Crippen LogP contribution >= 0.6 is 23.2 Å². The quantitative estimate of drug-likeness (QED) is 0.637. The molecule has 1 unspecified atom stereocenters. The molecular formula is C16H22Cl2N2O4. The zero-order valence-corrected chi connectivity index (χ0v) is 14.8. The van der Waals surface area contributed by atoms with Crippen molar-refractivity contribution in [1.82, 2.24) is 4.90 Å². The summed E-state index contributed by atoms with van der Waals surface area (Å²) in [5.41, 5.74) is 6.86. The van der Waals surface area contributed by atoms with Crippen molar-refractivity contribution in [2.45, 2.75) is 25.5 Å². The maximum absolute atomic E-state index is 12.0. The van der Waals surface area contributed by atoms with E-state index < -0.39 is 24.7 Å². The number of piperidine rings is 1. The van der Waals surface area contributed by atoms with Gasteiger partial charge in [-0.25, -0.2) is 0 Å². The van der Waals surface area contributed by atoms with Crippen molar-refractivity contribution in [2.75, 3.05) is 19.7 Å². The van der Waals surface area contributed by atoms with Gasteiger partial charge in [0.05, 0.1) is 16.7 Å². The van der Waals surface area contributed by atoms with Crippen LogP contribution in [-0.2, 0) is 4.79 Å². The second-order valence-corrected chi connectivity index (χ2v) is 7.08. The number of aliphatic hydroxyl groups is 2. The van der Waals surface area contributed by atoms with E-state index >= 15 is 0 Å². The number of rotatable bonds is 4. The first-order valence-corrected chi connectivity index (χ1v) is 8.53. The maximum Gasteiger partial charge on any atom is 0.253 e. The Hall–Kier alpha value is -1.05. The molecule has 4 atom stereocenters. The summed E-state index contributed by atoms with van der Waals surface area (Å²) in [7, 11) is 0. The monoisotopic (exact) mass is 376 g/mol. The third-order valence-corrected chi connectivity index (χ3v) is 5.35. The lowest BCUT2D eigenvalue weighted by molar-refractivity contribution is -0.144. The molecule has 1 aliphatic rings. The van der Waals surface area contributed by atoms with E-state index in [4.69, 9.17) is 34.0 Å². The average molecular weight is 377 g/mol. The van der Waals surface area contributed by atoms with Crippen molar-refractivity contribution in [3.63, 3.8) is 0 Å². The minimum absolute atomic E-state index is 0.00157. The summed E-state index contributed by atoms with van der Waals surface area (Å²) in [5.74, 6) is -0.395. The molecule has 5 N–H and O–H groups in total. The van der Waals surface area contributed by atoms with Gasteiger partial charge in [0.25, 0.3) is 5.91 Å². The molecule has 6 nitrogen and oxygen atoms in total. The van der Waals surface area contributed by atoms with Crippen molar-refractivity contribution < 1.29 is 20.1 Å². The summed E-state index contributed by atoms with van der Waals surface area (Å²) >= 11 is 11.9. The Morgan fingerprint density at radius 1 is 1.42 bits per heavy atom. The standard InChI is InChI=1S/C16H22Cl2N2O4/c1-8-6-20(16(24)14(23)7-21)3-2-9(8)15(19)10-4-11(17)12(18)5-13(10)22/h4-5,8-9,14-15,21-23H,2-3,6-7,19H2,1H3/t8-,9+,14?,15+/m0/s1. The molecule has 1 fully saturated rings. The van der Waals surface area contributed by atoms with Gasteiger partial charge in [-0.3, -0.25) is 4.79 Å². The van der Waals surface area contributed by atoms with Gasteiger partial charge in [0.1, 0.15) is 5.75 Å². The SMILES string of the molecule is C[C@H]1CN(C(=O)C(O)CO)CC[C@H]1[C@@H](N)c1cc(Cl)c(Cl)cc1O. The number of amides is 1. The van der Waals surface area contributed by atoms with E-state index in [9.17, 15) is 15.0 Å². The summed E-state index contributed by atoms with van der Waals surface area (Å²) in [6, 6.07) is 2.50. The first kappa shape index (κ1) is 19.3. The zero-order valence-electron chi connectivity index (χ0n) is 13.3. The Morgan fingerprint density at radius 3 is 2.62 bits per heavy atom. The summed E-state index contributed by atoms with van der Waals surface area (Å²) in [5, 5.41) is 29.1. The van der Waals surface area contributed by atoms with Crippen LogP contribution in [0.15, 0.2) is 12.1 Å². The fraction of sp³-hybridized carbons (Fsp3) is 0.562. The average Bonchev–Trinajstić information content (AvgIpc) is 2.56. The number of likely N-dealkylation sites (tertiary alicyclic amines) is 1. The van der Waals surface area contributed by atoms with Gasteiger partial charge >= 0.3 is 0 Å².